The summed E-state index contributed by atoms with van der Waals surface area (Å²) in [5.41, 5.74) is 4.02. The van der Waals surface area contributed by atoms with Crippen molar-refractivity contribution in [3.8, 4) is 39.9 Å². The van der Waals surface area contributed by atoms with E-state index in [0.717, 1.165) is 22.3 Å². The first-order valence-electron chi connectivity index (χ1n) is 16.3. The molecule has 0 aliphatic heterocycles. The number of rotatable bonds is 8. The van der Waals surface area contributed by atoms with Gasteiger partial charge in [0.15, 0.2) is 22.4 Å². The highest BCUT2D eigenvalue weighted by Gasteiger charge is 2.21. The van der Waals surface area contributed by atoms with Crippen molar-refractivity contribution >= 4 is 21.9 Å². The van der Waals surface area contributed by atoms with Crippen molar-refractivity contribution < 1.29 is 23.4 Å². The standard InChI is InChI=1S/C29H22O5.C15H10O2/c30-23-16-24(22-14-8-3-9-15-22)34-25-17-26(32-18-20-10-4-1-5-11-20)29(28(31)27(23)25)33-19-21-12-6-2-7-13-21;16-13-10-15(11-6-2-1-3-7-11)17-14-9-5-4-8-12(13)14/h1-17,31H,18-19H2;1-10H. The Balaban J connectivity index is 0.000000199. The van der Waals surface area contributed by atoms with Gasteiger partial charge in [-0.15, -0.1) is 0 Å². The second kappa shape index (κ2) is 15.1. The number of aromatic hydroxyl groups is 1. The van der Waals surface area contributed by atoms with Crippen molar-refractivity contribution in [1.29, 1.82) is 0 Å². The molecule has 7 nitrogen and oxygen atoms in total. The Kier molecular flexibility index (Phi) is 9.70. The molecule has 0 bridgehead atoms. The van der Waals surface area contributed by atoms with E-state index in [9.17, 15) is 14.7 Å². The Bertz CT molecular complexity index is 2510. The normalized spacial score (nSPS) is 10.7. The lowest BCUT2D eigenvalue weighted by Crippen LogP contribution is -2.05. The van der Waals surface area contributed by atoms with Gasteiger partial charge in [-0.2, -0.15) is 0 Å². The number of ether oxygens (including phenoxy) is 2. The number of phenolic OH excluding ortho intramolecular Hbond substituents is 1. The van der Waals surface area contributed by atoms with Gasteiger partial charge in [0, 0.05) is 29.3 Å². The summed E-state index contributed by atoms with van der Waals surface area (Å²) in [5, 5.41) is 11.8. The van der Waals surface area contributed by atoms with Gasteiger partial charge in [0.2, 0.25) is 5.75 Å². The lowest BCUT2D eigenvalue weighted by Gasteiger charge is -2.16. The third-order valence-corrected chi connectivity index (χ3v) is 8.13. The minimum atomic E-state index is -0.364. The number of phenols is 1. The molecule has 0 aliphatic carbocycles. The second-order valence-corrected chi connectivity index (χ2v) is 11.7. The zero-order chi connectivity index (χ0) is 35.0. The Morgan fingerprint density at radius 1 is 0.490 bits per heavy atom. The lowest BCUT2D eigenvalue weighted by atomic mass is 10.1. The summed E-state index contributed by atoms with van der Waals surface area (Å²) >= 11 is 0. The summed E-state index contributed by atoms with van der Waals surface area (Å²) in [5.74, 6) is 1.11. The van der Waals surface area contributed by atoms with Gasteiger partial charge >= 0.3 is 0 Å². The van der Waals surface area contributed by atoms with Gasteiger partial charge in [-0.25, -0.2) is 0 Å². The summed E-state index contributed by atoms with van der Waals surface area (Å²) in [7, 11) is 0. The van der Waals surface area contributed by atoms with Crippen LogP contribution in [-0.4, -0.2) is 5.11 Å². The number of hydrogen-bond donors (Lipinski definition) is 1. The summed E-state index contributed by atoms with van der Waals surface area (Å²) in [4.78, 5) is 24.9. The molecule has 0 unspecified atom stereocenters. The molecule has 1 N–H and O–H groups in total. The molecule has 0 fully saturated rings. The van der Waals surface area contributed by atoms with Crippen molar-refractivity contribution in [3.63, 3.8) is 0 Å². The molecule has 0 saturated carbocycles. The van der Waals surface area contributed by atoms with Crippen molar-refractivity contribution in [2.24, 2.45) is 0 Å². The van der Waals surface area contributed by atoms with Gasteiger partial charge in [-0.1, -0.05) is 133 Å². The monoisotopic (exact) mass is 672 g/mol. The van der Waals surface area contributed by atoms with E-state index >= 15 is 0 Å². The maximum absolute atomic E-state index is 13.0. The average molecular weight is 673 g/mol. The second-order valence-electron chi connectivity index (χ2n) is 11.7. The third-order valence-electron chi connectivity index (χ3n) is 8.13. The largest absolute Gasteiger partial charge is 0.504 e. The molecule has 0 saturated heterocycles. The van der Waals surface area contributed by atoms with Crippen LogP contribution in [0.1, 0.15) is 11.1 Å². The molecule has 7 heteroatoms. The van der Waals surface area contributed by atoms with Crippen LogP contribution in [-0.2, 0) is 13.2 Å². The van der Waals surface area contributed by atoms with Crippen LogP contribution in [0.15, 0.2) is 182 Å². The van der Waals surface area contributed by atoms with Crippen molar-refractivity contribution in [2.45, 2.75) is 13.2 Å². The Morgan fingerprint density at radius 2 is 0.961 bits per heavy atom. The SMILES string of the molecule is O=c1cc(-c2ccccc2)oc2cc(OCc3ccccc3)c(OCc3ccccc3)c(O)c12.O=c1cc(-c2ccccc2)oc2ccccc12. The van der Waals surface area contributed by atoms with Gasteiger partial charge in [0.25, 0.3) is 0 Å². The lowest BCUT2D eigenvalue weighted by molar-refractivity contribution is 0.246. The fraction of sp³-hybridized carbons (Fsp3) is 0.0455. The molecule has 6 aromatic carbocycles. The molecular formula is C44H32O7. The minimum Gasteiger partial charge on any atom is -0.504 e. The van der Waals surface area contributed by atoms with Gasteiger partial charge in [0.05, 0.1) is 5.39 Å². The highest BCUT2D eigenvalue weighted by Crippen LogP contribution is 2.43. The first kappa shape index (κ1) is 32.7. The number of fused-ring (bicyclic) bond motifs is 2. The van der Waals surface area contributed by atoms with Gasteiger partial charge in [0.1, 0.15) is 41.3 Å². The fourth-order valence-electron chi connectivity index (χ4n) is 5.57. The van der Waals surface area contributed by atoms with Gasteiger partial charge in [-0.05, 0) is 23.3 Å². The predicted molar refractivity (Wildman–Crippen MR) is 199 cm³/mol. The summed E-state index contributed by atoms with van der Waals surface area (Å²) in [6.45, 7) is 0.463. The molecule has 250 valence electrons. The van der Waals surface area contributed by atoms with Crippen molar-refractivity contribution in [2.75, 3.05) is 0 Å². The molecule has 2 heterocycles. The van der Waals surface area contributed by atoms with E-state index in [1.165, 1.54) is 12.1 Å². The molecule has 0 atom stereocenters. The third kappa shape index (κ3) is 7.58. The van der Waals surface area contributed by atoms with E-state index in [-0.39, 0.29) is 52.3 Å². The highest BCUT2D eigenvalue weighted by molar-refractivity contribution is 5.89. The Hall–Kier alpha value is -6.86. The van der Waals surface area contributed by atoms with Crippen LogP contribution in [0.2, 0.25) is 0 Å². The maximum Gasteiger partial charge on any atom is 0.204 e. The number of para-hydroxylation sites is 1. The summed E-state index contributed by atoms with van der Waals surface area (Å²) in [6, 6.07) is 50.0. The van der Waals surface area contributed by atoms with E-state index < -0.39 is 0 Å². The molecule has 8 aromatic rings. The zero-order valence-corrected chi connectivity index (χ0v) is 27.4. The van der Waals surface area contributed by atoms with Gasteiger partial charge < -0.3 is 23.4 Å². The predicted octanol–water partition coefficient (Wildman–Crippen LogP) is 9.78. The zero-order valence-electron chi connectivity index (χ0n) is 27.4. The van der Waals surface area contributed by atoms with Crippen LogP contribution in [0.4, 0.5) is 0 Å². The van der Waals surface area contributed by atoms with Crippen molar-refractivity contribution in [3.05, 3.63) is 195 Å². The van der Waals surface area contributed by atoms with E-state index in [4.69, 9.17) is 18.3 Å². The number of benzene rings is 6. The quantitative estimate of drug-likeness (QED) is 0.172. The maximum atomic E-state index is 13.0. The minimum absolute atomic E-state index is 0.00861. The van der Waals surface area contributed by atoms with Crippen LogP contribution in [0, 0.1) is 0 Å². The van der Waals surface area contributed by atoms with Crippen LogP contribution >= 0.6 is 0 Å². The highest BCUT2D eigenvalue weighted by atomic mass is 16.5. The molecule has 0 radical (unpaired) electrons. The van der Waals surface area contributed by atoms with E-state index in [2.05, 4.69) is 0 Å². The Morgan fingerprint density at radius 3 is 1.55 bits per heavy atom. The van der Waals surface area contributed by atoms with Crippen molar-refractivity contribution in [1.82, 2.24) is 0 Å². The molecule has 51 heavy (non-hydrogen) atoms. The van der Waals surface area contributed by atoms with E-state index in [1.807, 2.05) is 140 Å². The van der Waals surface area contributed by atoms with Crippen LogP contribution in [0.25, 0.3) is 44.6 Å². The molecule has 0 aliphatic rings. The van der Waals surface area contributed by atoms with Crippen LogP contribution in [0.3, 0.4) is 0 Å². The van der Waals surface area contributed by atoms with E-state index in [1.54, 1.807) is 12.1 Å². The first-order valence-corrected chi connectivity index (χ1v) is 16.3. The molecule has 8 rings (SSSR count). The van der Waals surface area contributed by atoms with E-state index in [0.29, 0.717) is 22.5 Å². The topological polar surface area (TPSA) is 99.1 Å². The number of hydrogen-bond acceptors (Lipinski definition) is 7. The molecule has 2 aromatic heterocycles. The van der Waals surface area contributed by atoms with Crippen LogP contribution in [0.5, 0.6) is 17.2 Å². The smallest absolute Gasteiger partial charge is 0.204 e. The summed E-state index contributed by atoms with van der Waals surface area (Å²) < 4.78 is 23.8. The van der Waals surface area contributed by atoms with Gasteiger partial charge in [-0.3, -0.25) is 9.59 Å². The fourth-order valence-corrected chi connectivity index (χ4v) is 5.57. The molecule has 0 amide bonds. The summed E-state index contributed by atoms with van der Waals surface area (Å²) in [6.07, 6.45) is 0. The molecular weight excluding hydrogens is 640 g/mol. The van der Waals surface area contributed by atoms with Crippen LogP contribution < -0.4 is 20.3 Å². The average Bonchev–Trinajstić information content (AvgIpc) is 3.18. The first-order chi connectivity index (χ1) is 25.0. The Labute approximate surface area is 293 Å². The molecule has 0 spiro atoms.